The van der Waals surface area contributed by atoms with Crippen LogP contribution in [0.2, 0.25) is 0 Å². The molecule has 248 valence electrons. The van der Waals surface area contributed by atoms with Crippen LogP contribution in [0, 0.1) is 0 Å². The van der Waals surface area contributed by atoms with Gasteiger partial charge >= 0.3 is 0 Å². The summed E-state index contributed by atoms with van der Waals surface area (Å²) in [6.07, 6.45) is 9.77. The number of hydrogen-bond donors (Lipinski definition) is 1. The third-order valence-electron chi connectivity index (χ3n) is 10.7. The van der Waals surface area contributed by atoms with E-state index in [1.54, 1.807) is 0 Å². The summed E-state index contributed by atoms with van der Waals surface area (Å²) in [4.78, 5) is 0. The topological polar surface area (TPSA) is 30.5 Å². The van der Waals surface area contributed by atoms with Crippen LogP contribution in [-0.4, -0.2) is 0 Å². The summed E-state index contributed by atoms with van der Waals surface area (Å²) in [6, 6.07) is 58.1. The second kappa shape index (κ2) is 12.3. The van der Waals surface area contributed by atoms with Gasteiger partial charge in [-0.15, -0.1) is 0 Å². The molecular formula is C49H35NO2. The molecule has 1 N–H and O–H groups in total. The monoisotopic (exact) mass is 669 g/mol. The number of anilines is 2. The van der Waals surface area contributed by atoms with E-state index in [1.165, 1.54) is 5.56 Å². The van der Waals surface area contributed by atoms with Gasteiger partial charge in [-0.2, -0.15) is 0 Å². The highest BCUT2D eigenvalue weighted by molar-refractivity contribution is 5.86. The van der Waals surface area contributed by atoms with Gasteiger partial charge in [0.1, 0.15) is 23.0 Å². The Bertz CT molecular complexity index is 2490. The van der Waals surface area contributed by atoms with E-state index < -0.39 is 5.41 Å². The summed E-state index contributed by atoms with van der Waals surface area (Å²) in [5, 5.41) is 3.65. The summed E-state index contributed by atoms with van der Waals surface area (Å²) in [5.74, 6) is 3.76. The highest BCUT2D eigenvalue weighted by Crippen LogP contribution is 2.62. The SMILES string of the molecule is C1=CCC(c2ccc3c(c2)Oc2cc(-c4ccc(Nc5ccccc5)c(-c5ccccc5)c4)ccc2C32c3ccccc3Oc3ccccc32)C=C1. The van der Waals surface area contributed by atoms with Crippen LogP contribution in [-0.2, 0) is 5.41 Å². The van der Waals surface area contributed by atoms with Crippen LogP contribution in [0.25, 0.3) is 22.3 Å². The van der Waals surface area contributed by atoms with Crippen LogP contribution < -0.4 is 14.8 Å². The lowest BCUT2D eigenvalue weighted by molar-refractivity contribution is 0.399. The minimum atomic E-state index is -0.633. The maximum absolute atomic E-state index is 7.05. The molecule has 1 aliphatic carbocycles. The molecule has 1 atom stereocenters. The van der Waals surface area contributed by atoms with Gasteiger partial charge in [-0.05, 0) is 77.2 Å². The molecule has 0 saturated heterocycles. The first-order valence-electron chi connectivity index (χ1n) is 17.9. The number of allylic oxidation sites excluding steroid dienone is 4. The normalized spacial score (nSPS) is 15.7. The van der Waals surface area contributed by atoms with Gasteiger partial charge < -0.3 is 14.8 Å². The zero-order valence-electron chi connectivity index (χ0n) is 28.5. The number of hydrogen-bond acceptors (Lipinski definition) is 3. The first-order valence-corrected chi connectivity index (χ1v) is 17.9. The molecule has 7 aromatic rings. The zero-order valence-corrected chi connectivity index (χ0v) is 28.5. The Labute approximate surface area is 304 Å². The van der Waals surface area contributed by atoms with Crippen molar-refractivity contribution in [2.75, 3.05) is 5.32 Å². The molecule has 3 aliphatic rings. The predicted octanol–water partition coefficient (Wildman–Crippen LogP) is 13.0. The molecule has 10 rings (SSSR count). The smallest absolute Gasteiger partial charge is 0.132 e. The fraction of sp³-hybridized carbons (Fsp3) is 0.0612. The molecule has 2 aliphatic heterocycles. The standard InChI is InChI=1S/C49H35NO2/c1-4-14-33(15-5-1)36-24-27-42-47(31-36)52-48-32-37(25-28-43(48)49(42)40-20-10-12-22-45(40)51-46-23-13-11-21-41(46)49)35-26-29-44(50-38-18-8-3-9-19-38)39(30-35)34-16-6-2-7-17-34/h1-14,16-33,50H,15H2. The lowest BCUT2D eigenvalue weighted by Crippen LogP contribution is -2.36. The highest BCUT2D eigenvalue weighted by atomic mass is 16.5. The van der Waals surface area contributed by atoms with Gasteiger partial charge in [0.05, 0.1) is 5.41 Å². The molecule has 0 amide bonds. The molecular weight excluding hydrogens is 635 g/mol. The van der Waals surface area contributed by atoms with Crippen molar-refractivity contribution in [3.63, 3.8) is 0 Å². The van der Waals surface area contributed by atoms with Crippen LogP contribution >= 0.6 is 0 Å². The number of fused-ring (bicyclic) bond motifs is 8. The Hall–Kier alpha value is -6.58. The van der Waals surface area contributed by atoms with Crippen molar-refractivity contribution in [2.45, 2.75) is 17.8 Å². The molecule has 1 spiro atoms. The summed E-state index contributed by atoms with van der Waals surface area (Å²) in [5.41, 5.74) is 11.7. The van der Waals surface area contributed by atoms with E-state index in [-0.39, 0.29) is 0 Å². The number of para-hydroxylation sites is 3. The summed E-state index contributed by atoms with van der Waals surface area (Å²) >= 11 is 0. The maximum atomic E-state index is 7.05. The first-order chi connectivity index (χ1) is 25.8. The average molecular weight is 670 g/mol. The van der Waals surface area contributed by atoms with Crippen LogP contribution in [0.4, 0.5) is 11.4 Å². The number of nitrogens with one attached hydrogen (secondary N) is 1. The Morgan fingerprint density at radius 2 is 1.08 bits per heavy atom. The van der Waals surface area contributed by atoms with Gasteiger partial charge in [-0.3, -0.25) is 0 Å². The van der Waals surface area contributed by atoms with E-state index in [2.05, 4.69) is 187 Å². The molecule has 3 nitrogen and oxygen atoms in total. The molecule has 1 unspecified atom stereocenters. The second-order valence-corrected chi connectivity index (χ2v) is 13.7. The third kappa shape index (κ3) is 4.89. The average Bonchev–Trinajstić information content (AvgIpc) is 3.21. The minimum Gasteiger partial charge on any atom is -0.457 e. The lowest BCUT2D eigenvalue weighted by atomic mass is 9.62. The van der Waals surface area contributed by atoms with Crippen LogP contribution in [0.1, 0.15) is 40.2 Å². The van der Waals surface area contributed by atoms with Gasteiger partial charge in [0.25, 0.3) is 0 Å². The van der Waals surface area contributed by atoms with Crippen molar-refractivity contribution < 1.29 is 9.47 Å². The van der Waals surface area contributed by atoms with E-state index in [1.807, 2.05) is 6.07 Å². The van der Waals surface area contributed by atoms with Crippen molar-refractivity contribution >= 4 is 11.4 Å². The fourth-order valence-corrected chi connectivity index (χ4v) is 8.29. The van der Waals surface area contributed by atoms with E-state index >= 15 is 0 Å². The zero-order chi connectivity index (χ0) is 34.5. The van der Waals surface area contributed by atoms with Gasteiger partial charge in [0.15, 0.2) is 0 Å². The van der Waals surface area contributed by atoms with Gasteiger partial charge in [-0.25, -0.2) is 0 Å². The predicted molar refractivity (Wildman–Crippen MR) is 211 cm³/mol. The minimum absolute atomic E-state index is 0.302. The molecule has 0 saturated carbocycles. The Kier molecular flexibility index (Phi) is 7.17. The molecule has 7 aromatic carbocycles. The van der Waals surface area contributed by atoms with E-state index in [4.69, 9.17) is 9.47 Å². The maximum Gasteiger partial charge on any atom is 0.132 e. The van der Waals surface area contributed by atoms with Crippen LogP contribution in [0.15, 0.2) is 188 Å². The number of ether oxygens (including phenoxy) is 2. The van der Waals surface area contributed by atoms with Crippen molar-refractivity contribution in [2.24, 2.45) is 0 Å². The molecule has 0 radical (unpaired) electrons. The number of benzene rings is 7. The Morgan fingerprint density at radius 3 is 1.81 bits per heavy atom. The second-order valence-electron chi connectivity index (χ2n) is 13.7. The fourth-order valence-electron chi connectivity index (χ4n) is 8.29. The van der Waals surface area contributed by atoms with E-state index in [0.717, 1.165) is 85.3 Å². The Morgan fingerprint density at radius 1 is 0.481 bits per heavy atom. The molecule has 0 bridgehead atoms. The molecule has 0 fully saturated rings. The molecule has 3 heteroatoms. The molecule has 2 heterocycles. The summed E-state index contributed by atoms with van der Waals surface area (Å²) in [6.45, 7) is 0. The lowest BCUT2D eigenvalue weighted by Gasteiger charge is -2.45. The first kappa shape index (κ1) is 30.3. The molecule has 0 aromatic heterocycles. The van der Waals surface area contributed by atoms with E-state index in [9.17, 15) is 0 Å². The van der Waals surface area contributed by atoms with Crippen molar-refractivity contribution in [1.82, 2.24) is 0 Å². The van der Waals surface area contributed by atoms with Crippen LogP contribution in [0.5, 0.6) is 23.0 Å². The van der Waals surface area contributed by atoms with Crippen molar-refractivity contribution in [3.8, 4) is 45.3 Å². The quantitative estimate of drug-likeness (QED) is 0.198. The van der Waals surface area contributed by atoms with Crippen molar-refractivity contribution in [1.29, 1.82) is 0 Å². The van der Waals surface area contributed by atoms with Gasteiger partial charge in [0.2, 0.25) is 0 Å². The van der Waals surface area contributed by atoms with Crippen LogP contribution in [0.3, 0.4) is 0 Å². The number of rotatable bonds is 5. The molecule has 52 heavy (non-hydrogen) atoms. The van der Waals surface area contributed by atoms with E-state index in [0.29, 0.717) is 5.92 Å². The summed E-state index contributed by atoms with van der Waals surface area (Å²) < 4.78 is 13.6. The van der Waals surface area contributed by atoms with Crippen molar-refractivity contribution in [3.05, 3.63) is 216 Å². The Balaban J connectivity index is 1.17. The van der Waals surface area contributed by atoms with Gasteiger partial charge in [0, 0.05) is 45.1 Å². The largest absolute Gasteiger partial charge is 0.457 e. The summed E-state index contributed by atoms with van der Waals surface area (Å²) in [7, 11) is 0. The van der Waals surface area contributed by atoms with Gasteiger partial charge in [-0.1, -0.05) is 140 Å². The third-order valence-corrected chi connectivity index (χ3v) is 10.7. The highest BCUT2D eigenvalue weighted by Gasteiger charge is 2.50.